The van der Waals surface area contributed by atoms with Crippen LogP contribution in [0.15, 0.2) is 59.4 Å². The van der Waals surface area contributed by atoms with Gasteiger partial charge < -0.3 is 19.5 Å². The molecule has 4 aromatic rings. The maximum atomic E-state index is 14.2. The number of aryl methyl sites for hydroxylation is 1. The predicted molar refractivity (Wildman–Crippen MR) is 133 cm³/mol. The Morgan fingerprint density at radius 3 is 2.55 bits per heavy atom. The summed E-state index contributed by atoms with van der Waals surface area (Å²) in [5.74, 6) is -0.784. The first-order valence-electron chi connectivity index (χ1n) is 10.8. The largest absolute Gasteiger partial charge is 0.465 e. The molecule has 1 heterocycles. The van der Waals surface area contributed by atoms with E-state index in [4.69, 9.17) is 4.74 Å². The van der Waals surface area contributed by atoms with Crippen molar-refractivity contribution in [3.05, 3.63) is 76.2 Å². The van der Waals surface area contributed by atoms with Crippen LogP contribution in [0, 0.1) is 12.7 Å². The van der Waals surface area contributed by atoms with Gasteiger partial charge in [0.1, 0.15) is 12.4 Å². The number of aromatic nitrogens is 1. The zero-order chi connectivity index (χ0) is 23.7. The van der Waals surface area contributed by atoms with E-state index in [-0.39, 0.29) is 25.8 Å². The second-order valence-electron chi connectivity index (χ2n) is 8.08. The number of carbonyl (C=O) groups excluding carboxylic acids is 1. The van der Waals surface area contributed by atoms with Crippen molar-refractivity contribution >= 4 is 44.8 Å². The molecule has 0 radical (unpaired) electrons. The third kappa shape index (κ3) is 4.14. The SMILES string of the molecule is CCOC(=O)Cn1c2cc(Nc3ccccc3F)ccc2c(=O)c2ccc(C)c(N(C)C)c21.[HH]. The lowest BCUT2D eigenvalue weighted by Crippen LogP contribution is -2.21. The van der Waals surface area contributed by atoms with Gasteiger partial charge in [-0.3, -0.25) is 9.59 Å². The molecule has 7 heteroatoms. The van der Waals surface area contributed by atoms with Crippen molar-refractivity contribution in [3.8, 4) is 0 Å². The molecule has 4 rings (SSSR count). The molecule has 33 heavy (non-hydrogen) atoms. The average molecular weight is 450 g/mol. The van der Waals surface area contributed by atoms with Gasteiger partial charge in [0.15, 0.2) is 5.43 Å². The lowest BCUT2D eigenvalue weighted by Gasteiger charge is -2.23. The number of halogens is 1. The minimum Gasteiger partial charge on any atom is -0.465 e. The number of hydrogen-bond acceptors (Lipinski definition) is 5. The van der Waals surface area contributed by atoms with E-state index in [9.17, 15) is 14.0 Å². The molecule has 172 valence electrons. The Morgan fingerprint density at radius 2 is 1.85 bits per heavy atom. The van der Waals surface area contributed by atoms with Gasteiger partial charge in [0, 0.05) is 32.0 Å². The number of ether oxygens (including phenoxy) is 1. The summed E-state index contributed by atoms with van der Waals surface area (Å²) in [6, 6.07) is 15.3. The summed E-state index contributed by atoms with van der Waals surface area (Å²) >= 11 is 0. The molecule has 0 saturated heterocycles. The maximum Gasteiger partial charge on any atom is 0.325 e. The van der Waals surface area contributed by atoms with Crippen LogP contribution in [0.25, 0.3) is 21.8 Å². The summed E-state index contributed by atoms with van der Waals surface area (Å²) in [7, 11) is 3.81. The third-order valence-electron chi connectivity index (χ3n) is 5.59. The fraction of sp³-hybridized carbons (Fsp3) is 0.231. The van der Waals surface area contributed by atoms with Crippen LogP contribution in [0.2, 0.25) is 0 Å². The van der Waals surface area contributed by atoms with E-state index in [0.717, 1.165) is 11.3 Å². The van der Waals surface area contributed by atoms with Crippen LogP contribution in [0.3, 0.4) is 0 Å². The number of nitrogens with one attached hydrogen (secondary N) is 1. The summed E-state index contributed by atoms with van der Waals surface area (Å²) in [4.78, 5) is 27.9. The second kappa shape index (κ2) is 8.94. The zero-order valence-electron chi connectivity index (χ0n) is 19.1. The van der Waals surface area contributed by atoms with Gasteiger partial charge in [-0.1, -0.05) is 18.2 Å². The number of para-hydroxylation sites is 1. The molecule has 0 amide bonds. The number of nitrogens with zero attached hydrogens (tertiary/aromatic N) is 2. The first kappa shape index (κ1) is 22.3. The Bertz CT molecular complexity index is 1430. The number of rotatable bonds is 6. The van der Waals surface area contributed by atoms with Gasteiger partial charge in [-0.25, -0.2) is 4.39 Å². The van der Waals surface area contributed by atoms with E-state index >= 15 is 0 Å². The Morgan fingerprint density at radius 1 is 1.12 bits per heavy atom. The maximum absolute atomic E-state index is 14.2. The van der Waals surface area contributed by atoms with Crippen LogP contribution in [0.5, 0.6) is 0 Å². The van der Waals surface area contributed by atoms with Gasteiger partial charge in [-0.05, 0) is 55.8 Å². The van der Waals surface area contributed by atoms with E-state index in [1.807, 2.05) is 36.6 Å². The lowest BCUT2D eigenvalue weighted by atomic mass is 10.0. The van der Waals surface area contributed by atoms with Crippen LogP contribution in [0.1, 0.15) is 13.9 Å². The molecule has 0 fully saturated rings. The molecule has 0 aliphatic rings. The minimum atomic E-state index is -0.401. The Hall–Kier alpha value is -3.87. The number of fused-ring (bicyclic) bond motifs is 2. The highest BCUT2D eigenvalue weighted by Crippen LogP contribution is 2.32. The molecule has 0 saturated carbocycles. The number of anilines is 3. The van der Waals surface area contributed by atoms with Gasteiger partial charge in [0.2, 0.25) is 0 Å². The predicted octanol–water partition coefficient (Wildman–Crippen LogP) is 5.22. The summed E-state index contributed by atoms with van der Waals surface area (Å²) in [5, 5.41) is 4.07. The second-order valence-corrected chi connectivity index (χ2v) is 8.08. The van der Waals surface area contributed by atoms with Crippen LogP contribution >= 0.6 is 0 Å². The summed E-state index contributed by atoms with van der Waals surface area (Å²) < 4.78 is 21.2. The Balaban J connectivity index is 0.00000324. The van der Waals surface area contributed by atoms with Gasteiger partial charge >= 0.3 is 5.97 Å². The molecular weight excluding hydrogens is 421 g/mol. The van der Waals surface area contributed by atoms with E-state index in [1.54, 1.807) is 49.4 Å². The van der Waals surface area contributed by atoms with Crippen molar-refractivity contribution in [3.63, 3.8) is 0 Å². The molecule has 1 aromatic heterocycles. The summed E-state index contributed by atoms with van der Waals surface area (Å²) in [6.07, 6.45) is 0. The van der Waals surface area contributed by atoms with Crippen LogP contribution in [0.4, 0.5) is 21.5 Å². The van der Waals surface area contributed by atoms with E-state index in [2.05, 4.69) is 5.32 Å². The lowest BCUT2D eigenvalue weighted by molar-refractivity contribution is -0.143. The first-order chi connectivity index (χ1) is 15.8. The molecule has 0 bridgehead atoms. The highest BCUT2D eigenvalue weighted by Gasteiger charge is 2.19. The molecule has 1 N–H and O–H groups in total. The molecule has 6 nitrogen and oxygen atoms in total. The van der Waals surface area contributed by atoms with Crippen molar-refractivity contribution in [1.29, 1.82) is 0 Å². The molecule has 0 unspecified atom stereocenters. The van der Waals surface area contributed by atoms with Gasteiger partial charge in [-0.15, -0.1) is 0 Å². The average Bonchev–Trinajstić information content (AvgIpc) is 2.78. The van der Waals surface area contributed by atoms with Gasteiger partial charge in [0.25, 0.3) is 0 Å². The Labute approximate surface area is 192 Å². The number of pyridine rings is 1. The molecular formula is C26H28FN3O3. The van der Waals surface area contributed by atoms with Crippen molar-refractivity contribution in [1.82, 2.24) is 4.57 Å². The van der Waals surface area contributed by atoms with E-state index in [0.29, 0.717) is 33.2 Å². The molecule has 0 aliphatic carbocycles. The topological polar surface area (TPSA) is 63.6 Å². The molecule has 3 aromatic carbocycles. The van der Waals surface area contributed by atoms with E-state index in [1.165, 1.54) is 6.07 Å². The minimum absolute atomic E-state index is 0. The fourth-order valence-corrected chi connectivity index (χ4v) is 4.21. The van der Waals surface area contributed by atoms with Crippen molar-refractivity contribution in [2.45, 2.75) is 20.4 Å². The van der Waals surface area contributed by atoms with Crippen LogP contribution in [-0.4, -0.2) is 31.2 Å². The fourth-order valence-electron chi connectivity index (χ4n) is 4.21. The smallest absolute Gasteiger partial charge is 0.325 e. The number of carbonyl (C=O) groups is 1. The highest BCUT2D eigenvalue weighted by molar-refractivity contribution is 6.02. The monoisotopic (exact) mass is 449 g/mol. The standard InChI is InChI=1S/C26H26FN3O3.H2/c1-5-33-23(31)15-30-22-14-17(28-21-9-7-6-8-20(21)27)11-13-18(22)26(32)19-12-10-16(2)24(25(19)30)29(3)4;/h6-14,28H,5,15H2,1-4H3;1H. The van der Waals surface area contributed by atoms with Gasteiger partial charge in [-0.2, -0.15) is 0 Å². The molecule has 0 spiro atoms. The number of esters is 1. The normalized spacial score (nSPS) is 11.1. The number of hydrogen-bond donors (Lipinski definition) is 1. The first-order valence-corrected chi connectivity index (χ1v) is 10.8. The third-order valence-corrected chi connectivity index (χ3v) is 5.59. The van der Waals surface area contributed by atoms with E-state index < -0.39 is 5.97 Å². The van der Waals surface area contributed by atoms with Crippen molar-refractivity contribution in [2.75, 3.05) is 30.9 Å². The zero-order valence-corrected chi connectivity index (χ0v) is 19.1. The summed E-state index contributed by atoms with van der Waals surface area (Å²) in [5.41, 5.74) is 3.85. The highest BCUT2D eigenvalue weighted by atomic mass is 19.1. The summed E-state index contributed by atoms with van der Waals surface area (Å²) in [6.45, 7) is 3.92. The quantitative estimate of drug-likeness (QED) is 0.323. The van der Waals surface area contributed by atoms with Crippen molar-refractivity contribution < 1.29 is 15.3 Å². The van der Waals surface area contributed by atoms with Crippen LogP contribution < -0.4 is 15.6 Å². The molecule has 0 atom stereocenters. The van der Waals surface area contributed by atoms with Gasteiger partial charge in [0.05, 0.1) is 29.0 Å². The molecule has 0 aliphatic heterocycles. The Kier molecular flexibility index (Phi) is 6.05. The van der Waals surface area contributed by atoms with Crippen LogP contribution in [-0.2, 0) is 16.1 Å². The number of benzene rings is 3. The van der Waals surface area contributed by atoms with Crippen molar-refractivity contribution in [2.24, 2.45) is 0 Å².